The third kappa shape index (κ3) is 3.26. The Kier molecular flexibility index (Phi) is 4.53. The number of nitrogens with one attached hydrogen (secondary N) is 1. The van der Waals surface area contributed by atoms with E-state index in [0.29, 0.717) is 11.6 Å². The molecule has 0 aliphatic carbocycles. The normalized spacial score (nSPS) is 11.2. The van der Waals surface area contributed by atoms with Gasteiger partial charge in [0.05, 0.1) is 34.1 Å². The third-order valence-corrected chi connectivity index (χ3v) is 4.56. The fraction of sp³-hybridized carbons (Fsp3) is 0.353. The number of oxazole rings is 1. The molecular formula is C17H20N4O2S. The Labute approximate surface area is 144 Å². The maximum absolute atomic E-state index is 12.3. The highest BCUT2D eigenvalue weighted by Crippen LogP contribution is 2.25. The van der Waals surface area contributed by atoms with E-state index in [2.05, 4.69) is 29.2 Å². The van der Waals surface area contributed by atoms with Crippen LogP contribution in [-0.2, 0) is 11.2 Å². The molecular weight excluding hydrogens is 324 g/mol. The van der Waals surface area contributed by atoms with Crippen LogP contribution in [0.4, 0.5) is 5.69 Å². The topological polar surface area (TPSA) is 73.0 Å². The number of aromatic nitrogens is 3. The van der Waals surface area contributed by atoms with E-state index in [9.17, 15) is 4.79 Å². The predicted octanol–water partition coefficient (Wildman–Crippen LogP) is 3.98. The zero-order valence-corrected chi connectivity index (χ0v) is 15.0. The van der Waals surface area contributed by atoms with Gasteiger partial charge in [0.2, 0.25) is 11.8 Å². The molecule has 0 bridgehead atoms. The van der Waals surface area contributed by atoms with E-state index < -0.39 is 0 Å². The van der Waals surface area contributed by atoms with Crippen LogP contribution >= 0.6 is 11.3 Å². The summed E-state index contributed by atoms with van der Waals surface area (Å²) in [4.78, 5) is 17.7. The number of hydrogen-bond donors (Lipinski definition) is 1. The highest BCUT2D eigenvalue weighted by molar-refractivity contribution is 7.13. The van der Waals surface area contributed by atoms with Gasteiger partial charge in [-0.05, 0) is 39.1 Å². The molecule has 0 saturated heterocycles. The van der Waals surface area contributed by atoms with Crippen molar-refractivity contribution in [2.45, 2.75) is 40.2 Å². The minimum atomic E-state index is -0.129. The highest BCUT2D eigenvalue weighted by Gasteiger charge is 2.17. The predicted molar refractivity (Wildman–Crippen MR) is 94.2 cm³/mol. The largest absolute Gasteiger partial charge is 0.444 e. The fourth-order valence-electron chi connectivity index (χ4n) is 2.60. The average molecular weight is 344 g/mol. The SMILES string of the molecule is Cc1nn(C(C)C)c(C)c1NC(=O)Cc1coc(-c2cccs2)n1. The fourth-order valence-corrected chi connectivity index (χ4v) is 3.25. The van der Waals surface area contributed by atoms with E-state index in [4.69, 9.17) is 4.42 Å². The second-order valence-corrected chi connectivity index (χ2v) is 6.88. The molecule has 0 atom stereocenters. The van der Waals surface area contributed by atoms with Gasteiger partial charge in [-0.1, -0.05) is 6.07 Å². The van der Waals surface area contributed by atoms with Crippen LogP contribution < -0.4 is 5.32 Å². The molecule has 0 aromatic carbocycles. The second kappa shape index (κ2) is 6.60. The first kappa shape index (κ1) is 16.4. The van der Waals surface area contributed by atoms with Crippen LogP contribution in [0.3, 0.4) is 0 Å². The summed E-state index contributed by atoms with van der Waals surface area (Å²) in [6, 6.07) is 4.13. The Bertz CT molecular complexity index is 846. The Morgan fingerprint density at radius 3 is 2.83 bits per heavy atom. The molecule has 24 heavy (non-hydrogen) atoms. The van der Waals surface area contributed by atoms with Crippen molar-refractivity contribution in [2.24, 2.45) is 0 Å². The Morgan fingerprint density at radius 2 is 2.21 bits per heavy atom. The number of amides is 1. The van der Waals surface area contributed by atoms with Crippen molar-refractivity contribution in [1.29, 1.82) is 0 Å². The van der Waals surface area contributed by atoms with Gasteiger partial charge in [0.25, 0.3) is 0 Å². The van der Waals surface area contributed by atoms with Gasteiger partial charge in [0, 0.05) is 6.04 Å². The molecule has 3 heterocycles. The van der Waals surface area contributed by atoms with Crippen molar-refractivity contribution < 1.29 is 9.21 Å². The number of rotatable bonds is 5. The smallest absolute Gasteiger partial charge is 0.236 e. The maximum atomic E-state index is 12.3. The summed E-state index contributed by atoms with van der Waals surface area (Å²) < 4.78 is 7.36. The van der Waals surface area contributed by atoms with E-state index in [-0.39, 0.29) is 18.4 Å². The van der Waals surface area contributed by atoms with Gasteiger partial charge in [-0.15, -0.1) is 11.3 Å². The van der Waals surface area contributed by atoms with Gasteiger partial charge >= 0.3 is 0 Å². The summed E-state index contributed by atoms with van der Waals surface area (Å²) in [6.07, 6.45) is 1.70. The molecule has 126 valence electrons. The van der Waals surface area contributed by atoms with Gasteiger partial charge in [-0.25, -0.2) is 4.98 Å². The number of carbonyl (C=O) groups is 1. The van der Waals surface area contributed by atoms with Crippen LogP contribution in [0, 0.1) is 13.8 Å². The minimum absolute atomic E-state index is 0.129. The van der Waals surface area contributed by atoms with Crippen molar-refractivity contribution in [1.82, 2.24) is 14.8 Å². The number of carbonyl (C=O) groups excluding carboxylic acids is 1. The second-order valence-electron chi connectivity index (χ2n) is 5.93. The van der Waals surface area contributed by atoms with E-state index >= 15 is 0 Å². The molecule has 3 rings (SSSR count). The first-order chi connectivity index (χ1) is 11.5. The molecule has 0 radical (unpaired) electrons. The van der Waals surface area contributed by atoms with Crippen LogP contribution in [0.25, 0.3) is 10.8 Å². The molecule has 3 aromatic rings. The summed E-state index contributed by atoms with van der Waals surface area (Å²) in [5.41, 5.74) is 3.15. The molecule has 0 saturated carbocycles. The molecule has 6 nitrogen and oxygen atoms in total. The van der Waals surface area contributed by atoms with Crippen LogP contribution in [-0.4, -0.2) is 20.7 Å². The summed E-state index contributed by atoms with van der Waals surface area (Å²) in [5, 5.41) is 9.38. The van der Waals surface area contributed by atoms with Crippen molar-refractivity contribution in [3.05, 3.63) is 40.9 Å². The summed E-state index contributed by atoms with van der Waals surface area (Å²) >= 11 is 1.55. The number of nitrogens with zero attached hydrogens (tertiary/aromatic N) is 3. The lowest BCUT2D eigenvalue weighted by atomic mass is 10.2. The quantitative estimate of drug-likeness (QED) is 0.760. The minimum Gasteiger partial charge on any atom is -0.444 e. The van der Waals surface area contributed by atoms with Crippen LogP contribution in [0.1, 0.15) is 37.0 Å². The van der Waals surface area contributed by atoms with Crippen molar-refractivity contribution in [3.8, 4) is 10.8 Å². The van der Waals surface area contributed by atoms with Gasteiger partial charge in [-0.2, -0.15) is 5.10 Å². The summed E-state index contributed by atoms with van der Waals surface area (Å²) in [5.74, 6) is 0.420. The first-order valence-corrected chi connectivity index (χ1v) is 8.67. The van der Waals surface area contributed by atoms with Crippen molar-refractivity contribution in [3.63, 3.8) is 0 Å². The monoisotopic (exact) mass is 344 g/mol. The number of aryl methyl sites for hydroxylation is 1. The number of hydrogen-bond acceptors (Lipinski definition) is 5. The number of anilines is 1. The Hall–Kier alpha value is -2.41. The van der Waals surface area contributed by atoms with Gasteiger partial charge in [0.15, 0.2) is 0 Å². The lowest BCUT2D eigenvalue weighted by Gasteiger charge is -2.09. The lowest BCUT2D eigenvalue weighted by Crippen LogP contribution is -2.16. The van der Waals surface area contributed by atoms with Crippen molar-refractivity contribution in [2.75, 3.05) is 5.32 Å². The molecule has 3 aromatic heterocycles. The van der Waals surface area contributed by atoms with E-state index in [1.54, 1.807) is 11.3 Å². The van der Waals surface area contributed by atoms with E-state index in [1.807, 2.05) is 36.0 Å². The van der Waals surface area contributed by atoms with Gasteiger partial charge in [0.1, 0.15) is 6.26 Å². The first-order valence-electron chi connectivity index (χ1n) is 7.79. The standard InChI is InChI=1S/C17H20N4O2S/c1-10(2)21-12(4)16(11(3)20-21)19-15(22)8-13-9-23-17(18-13)14-6-5-7-24-14/h5-7,9-10H,8H2,1-4H3,(H,19,22). The maximum Gasteiger partial charge on any atom is 0.236 e. The molecule has 7 heteroatoms. The van der Waals surface area contributed by atoms with E-state index in [1.165, 1.54) is 6.26 Å². The third-order valence-electron chi connectivity index (χ3n) is 3.70. The summed E-state index contributed by atoms with van der Waals surface area (Å²) in [6.45, 7) is 7.98. The molecule has 1 amide bonds. The molecule has 1 N–H and O–H groups in total. The zero-order chi connectivity index (χ0) is 17.3. The van der Waals surface area contributed by atoms with E-state index in [0.717, 1.165) is 22.0 Å². The molecule has 0 unspecified atom stereocenters. The van der Waals surface area contributed by atoms with Crippen LogP contribution in [0.5, 0.6) is 0 Å². The zero-order valence-electron chi connectivity index (χ0n) is 14.2. The average Bonchev–Trinajstić information content (AvgIpc) is 3.23. The highest BCUT2D eigenvalue weighted by atomic mass is 32.1. The molecule has 0 spiro atoms. The van der Waals surface area contributed by atoms with Crippen LogP contribution in [0.2, 0.25) is 0 Å². The van der Waals surface area contributed by atoms with Gasteiger partial charge in [-0.3, -0.25) is 9.48 Å². The molecule has 0 aliphatic heterocycles. The Balaban J connectivity index is 1.70. The Morgan fingerprint density at radius 1 is 1.42 bits per heavy atom. The van der Waals surface area contributed by atoms with Crippen molar-refractivity contribution >= 4 is 22.9 Å². The summed E-state index contributed by atoms with van der Waals surface area (Å²) in [7, 11) is 0. The lowest BCUT2D eigenvalue weighted by molar-refractivity contribution is -0.115. The van der Waals surface area contributed by atoms with Gasteiger partial charge < -0.3 is 9.73 Å². The molecule has 0 fully saturated rings. The molecule has 0 aliphatic rings. The number of thiophene rings is 1. The van der Waals surface area contributed by atoms with Crippen LogP contribution in [0.15, 0.2) is 28.2 Å².